The van der Waals surface area contributed by atoms with Crippen LogP contribution in [0.15, 0.2) is 48.6 Å². The third kappa shape index (κ3) is 31.8. The van der Waals surface area contributed by atoms with E-state index in [1.54, 1.807) is 0 Å². The average Bonchev–Trinajstić information content (AvgIpc) is 3.49. The number of likely N-dealkylation sites (tertiary alicyclic amines) is 1. The molecule has 47 heavy (non-hydrogen) atoms. The van der Waals surface area contributed by atoms with Crippen LogP contribution in [-0.2, 0) is 9.47 Å². The van der Waals surface area contributed by atoms with Crippen LogP contribution in [0.1, 0.15) is 174 Å². The van der Waals surface area contributed by atoms with E-state index in [4.69, 9.17) is 9.47 Å². The van der Waals surface area contributed by atoms with Gasteiger partial charge in [0.15, 0.2) is 0 Å². The summed E-state index contributed by atoms with van der Waals surface area (Å²) in [6, 6.07) is 0. The number of unbranched alkanes of at least 4 members (excludes halogenated alkanes) is 18. The summed E-state index contributed by atoms with van der Waals surface area (Å²) in [6.45, 7) is 9.48. The SMILES string of the molecule is CCCCC/C=C\C/C=C\CCCCCCCCOCC(CN1CCC(O)C1)OCCCCCCCC/C=C\C/C=C\CCCCC. The van der Waals surface area contributed by atoms with Gasteiger partial charge in [-0.1, -0.05) is 140 Å². The van der Waals surface area contributed by atoms with Gasteiger partial charge in [0.1, 0.15) is 0 Å². The Balaban J connectivity index is 2.01. The van der Waals surface area contributed by atoms with Crippen LogP contribution in [0, 0.1) is 0 Å². The van der Waals surface area contributed by atoms with Gasteiger partial charge in [0.2, 0.25) is 0 Å². The summed E-state index contributed by atoms with van der Waals surface area (Å²) >= 11 is 0. The van der Waals surface area contributed by atoms with E-state index >= 15 is 0 Å². The van der Waals surface area contributed by atoms with E-state index < -0.39 is 0 Å². The van der Waals surface area contributed by atoms with Gasteiger partial charge in [-0.2, -0.15) is 0 Å². The lowest BCUT2D eigenvalue weighted by atomic mass is 10.1. The van der Waals surface area contributed by atoms with Gasteiger partial charge in [-0.25, -0.2) is 0 Å². The Bertz CT molecular complexity index is 745. The zero-order valence-electron chi connectivity index (χ0n) is 31.4. The molecule has 0 amide bonds. The van der Waals surface area contributed by atoms with Gasteiger partial charge in [0, 0.05) is 32.8 Å². The number of allylic oxidation sites excluding steroid dienone is 8. The summed E-state index contributed by atoms with van der Waals surface area (Å²) in [4.78, 5) is 2.34. The van der Waals surface area contributed by atoms with Crippen molar-refractivity contribution in [1.29, 1.82) is 0 Å². The molecule has 1 saturated heterocycles. The molecule has 0 aromatic heterocycles. The summed E-state index contributed by atoms with van der Waals surface area (Å²) < 4.78 is 12.4. The minimum absolute atomic E-state index is 0.114. The Morgan fingerprint density at radius 3 is 1.49 bits per heavy atom. The summed E-state index contributed by atoms with van der Waals surface area (Å²) in [5, 5.41) is 9.96. The fourth-order valence-corrected chi connectivity index (χ4v) is 6.17. The van der Waals surface area contributed by atoms with E-state index in [0.717, 1.165) is 65.0 Å². The lowest BCUT2D eigenvalue weighted by Gasteiger charge is -2.24. The van der Waals surface area contributed by atoms with Gasteiger partial charge in [-0.3, -0.25) is 4.90 Å². The Morgan fingerprint density at radius 1 is 0.574 bits per heavy atom. The van der Waals surface area contributed by atoms with Crippen LogP contribution >= 0.6 is 0 Å². The van der Waals surface area contributed by atoms with Gasteiger partial charge < -0.3 is 14.6 Å². The van der Waals surface area contributed by atoms with E-state index in [1.165, 1.54) is 128 Å². The predicted molar refractivity (Wildman–Crippen MR) is 206 cm³/mol. The van der Waals surface area contributed by atoms with Crippen molar-refractivity contribution in [2.45, 2.75) is 187 Å². The van der Waals surface area contributed by atoms with Gasteiger partial charge in [0.05, 0.1) is 18.8 Å². The number of hydrogen-bond acceptors (Lipinski definition) is 4. The fourth-order valence-electron chi connectivity index (χ4n) is 6.17. The molecule has 1 N–H and O–H groups in total. The van der Waals surface area contributed by atoms with Gasteiger partial charge in [0.25, 0.3) is 0 Å². The number of β-amino-alcohol motifs (C(OH)–C–C–N with tert-alkyl or cyclic N) is 1. The maximum atomic E-state index is 9.96. The highest BCUT2D eigenvalue weighted by Gasteiger charge is 2.23. The Labute approximate surface area is 293 Å². The molecule has 0 bridgehead atoms. The zero-order valence-corrected chi connectivity index (χ0v) is 31.4. The second kappa shape index (κ2) is 36.1. The largest absolute Gasteiger partial charge is 0.392 e. The maximum absolute atomic E-state index is 9.96. The first-order valence-electron chi connectivity index (χ1n) is 20.5. The number of rotatable bonds is 35. The van der Waals surface area contributed by atoms with Crippen molar-refractivity contribution >= 4 is 0 Å². The number of ether oxygens (including phenoxy) is 2. The van der Waals surface area contributed by atoms with Crippen LogP contribution in [0.3, 0.4) is 0 Å². The molecule has 4 heteroatoms. The second-order valence-electron chi connectivity index (χ2n) is 13.9. The molecule has 1 fully saturated rings. The van der Waals surface area contributed by atoms with Gasteiger partial charge in [-0.05, 0) is 83.5 Å². The van der Waals surface area contributed by atoms with Crippen molar-refractivity contribution < 1.29 is 14.6 Å². The molecule has 0 aliphatic carbocycles. The van der Waals surface area contributed by atoms with Gasteiger partial charge >= 0.3 is 0 Å². The zero-order chi connectivity index (χ0) is 33.7. The average molecular weight is 658 g/mol. The lowest BCUT2D eigenvalue weighted by Crippen LogP contribution is -2.36. The standard InChI is InChI=1S/C43H79NO3/c1-3-5-7-9-11-13-15-17-19-21-23-25-27-29-31-33-37-46-41-43(40-44-36-35-42(45)39-44)47-38-34-32-30-28-26-24-22-20-18-16-14-12-10-8-6-4-2/h11-14,17-20,42-43,45H,3-10,15-16,21-41H2,1-2H3/b13-11-,14-12-,19-17-,20-18-. The summed E-state index contributed by atoms with van der Waals surface area (Å²) in [6.07, 6.45) is 50.0. The molecule has 1 aliphatic rings. The molecular weight excluding hydrogens is 578 g/mol. The Morgan fingerprint density at radius 2 is 1.02 bits per heavy atom. The Hall–Kier alpha value is -1.20. The highest BCUT2D eigenvalue weighted by atomic mass is 16.5. The minimum atomic E-state index is -0.178. The van der Waals surface area contributed by atoms with Crippen LogP contribution in [-0.4, -0.2) is 61.7 Å². The van der Waals surface area contributed by atoms with Crippen LogP contribution in [0.2, 0.25) is 0 Å². The van der Waals surface area contributed by atoms with Crippen LogP contribution in [0.25, 0.3) is 0 Å². The maximum Gasteiger partial charge on any atom is 0.0934 e. The molecule has 1 aliphatic heterocycles. The normalized spacial score (nSPS) is 16.7. The van der Waals surface area contributed by atoms with Crippen molar-refractivity contribution in [2.24, 2.45) is 0 Å². The molecule has 0 radical (unpaired) electrons. The molecule has 0 aromatic carbocycles. The first-order valence-corrected chi connectivity index (χ1v) is 20.5. The van der Waals surface area contributed by atoms with Gasteiger partial charge in [-0.15, -0.1) is 0 Å². The highest BCUT2D eigenvalue weighted by molar-refractivity contribution is 4.93. The third-order valence-electron chi connectivity index (χ3n) is 9.20. The minimum Gasteiger partial charge on any atom is -0.392 e. The lowest BCUT2D eigenvalue weighted by molar-refractivity contribution is -0.0327. The summed E-state index contributed by atoms with van der Waals surface area (Å²) in [7, 11) is 0. The molecule has 1 rings (SSSR count). The summed E-state index contributed by atoms with van der Waals surface area (Å²) in [5.41, 5.74) is 0. The molecule has 4 nitrogen and oxygen atoms in total. The van der Waals surface area contributed by atoms with Crippen molar-refractivity contribution in [1.82, 2.24) is 4.90 Å². The van der Waals surface area contributed by atoms with E-state index in [0.29, 0.717) is 6.61 Å². The Kier molecular flexibility index (Phi) is 33.6. The van der Waals surface area contributed by atoms with Crippen LogP contribution in [0.5, 0.6) is 0 Å². The molecule has 274 valence electrons. The number of hydrogen-bond donors (Lipinski definition) is 1. The second-order valence-corrected chi connectivity index (χ2v) is 13.9. The van der Waals surface area contributed by atoms with Crippen LogP contribution < -0.4 is 0 Å². The molecule has 0 aromatic rings. The van der Waals surface area contributed by atoms with Crippen LogP contribution in [0.4, 0.5) is 0 Å². The van der Waals surface area contributed by atoms with E-state index in [2.05, 4.69) is 67.4 Å². The first kappa shape index (κ1) is 43.8. The van der Waals surface area contributed by atoms with E-state index in [1.807, 2.05) is 0 Å². The van der Waals surface area contributed by atoms with Crippen molar-refractivity contribution in [3.63, 3.8) is 0 Å². The molecular formula is C43H79NO3. The van der Waals surface area contributed by atoms with Crippen molar-refractivity contribution in [2.75, 3.05) is 39.5 Å². The molecule has 0 saturated carbocycles. The smallest absolute Gasteiger partial charge is 0.0934 e. The molecule has 1 heterocycles. The van der Waals surface area contributed by atoms with Crippen molar-refractivity contribution in [3.8, 4) is 0 Å². The molecule has 2 unspecified atom stereocenters. The number of nitrogens with zero attached hydrogens (tertiary/aromatic N) is 1. The monoisotopic (exact) mass is 658 g/mol. The van der Waals surface area contributed by atoms with E-state index in [9.17, 15) is 5.11 Å². The fraction of sp³-hybridized carbons (Fsp3) is 0.814. The quantitative estimate of drug-likeness (QED) is 0.0544. The van der Waals surface area contributed by atoms with Crippen molar-refractivity contribution in [3.05, 3.63) is 48.6 Å². The predicted octanol–water partition coefficient (Wildman–Crippen LogP) is 12.1. The first-order chi connectivity index (χ1) is 23.3. The highest BCUT2D eigenvalue weighted by Crippen LogP contribution is 2.13. The van der Waals surface area contributed by atoms with E-state index in [-0.39, 0.29) is 12.2 Å². The topological polar surface area (TPSA) is 41.9 Å². The molecule has 2 atom stereocenters. The third-order valence-corrected chi connectivity index (χ3v) is 9.20. The summed E-state index contributed by atoms with van der Waals surface area (Å²) in [5.74, 6) is 0. The number of aliphatic hydroxyl groups excluding tert-OH is 1. The molecule has 0 spiro atoms. The number of aliphatic hydroxyl groups is 1.